The minimum absolute atomic E-state index is 0.137. The Labute approximate surface area is 119 Å². The molecule has 20 heavy (non-hydrogen) atoms. The molecule has 1 fully saturated rings. The summed E-state index contributed by atoms with van der Waals surface area (Å²) < 4.78 is 24.1. The molecule has 3 rings (SSSR count). The number of guanidine groups is 1. The van der Waals surface area contributed by atoms with Gasteiger partial charge in [0.05, 0.1) is 23.6 Å². The third-order valence-electron chi connectivity index (χ3n) is 4.08. The van der Waals surface area contributed by atoms with Crippen LogP contribution < -0.4 is 10.6 Å². The number of aliphatic imine (C=N–C) groups is 1. The van der Waals surface area contributed by atoms with Crippen LogP contribution in [0, 0.1) is 6.92 Å². The fraction of sp³-hybridized carbons (Fsp3) is 0.500. The molecule has 2 N–H and O–H groups in total. The van der Waals surface area contributed by atoms with Gasteiger partial charge in [-0.2, -0.15) is 0 Å². The minimum Gasteiger partial charge on any atom is -0.369 e. The molecule has 0 bridgehead atoms. The molecule has 0 radical (unpaired) electrons. The van der Waals surface area contributed by atoms with Gasteiger partial charge in [-0.15, -0.1) is 0 Å². The van der Waals surface area contributed by atoms with Crippen molar-refractivity contribution in [2.75, 3.05) is 23.0 Å². The highest BCUT2D eigenvalue weighted by atomic mass is 32.2. The van der Waals surface area contributed by atoms with Gasteiger partial charge in [0.25, 0.3) is 0 Å². The van der Waals surface area contributed by atoms with Gasteiger partial charge < -0.3 is 10.6 Å². The molecule has 1 atom stereocenters. The Morgan fingerprint density at radius 3 is 2.90 bits per heavy atom. The topological polar surface area (TPSA) is 75.8 Å². The van der Waals surface area contributed by atoms with E-state index in [0.29, 0.717) is 18.9 Å². The fourth-order valence-corrected chi connectivity index (χ4v) is 5.17. The van der Waals surface area contributed by atoms with Crippen LogP contribution in [-0.2, 0) is 9.84 Å². The first-order valence-electron chi connectivity index (χ1n) is 6.79. The maximum Gasteiger partial charge on any atom is 0.196 e. The summed E-state index contributed by atoms with van der Waals surface area (Å²) in [6.45, 7) is 2.48. The van der Waals surface area contributed by atoms with Crippen LogP contribution in [0.2, 0.25) is 0 Å². The van der Waals surface area contributed by atoms with E-state index >= 15 is 0 Å². The van der Waals surface area contributed by atoms with Crippen molar-refractivity contribution in [3.63, 3.8) is 0 Å². The van der Waals surface area contributed by atoms with E-state index in [2.05, 4.69) is 4.99 Å². The zero-order valence-corrected chi connectivity index (χ0v) is 12.4. The molecule has 0 saturated carbocycles. The predicted octanol–water partition coefficient (Wildman–Crippen LogP) is 1.08. The van der Waals surface area contributed by atoms with Crippen LogP contribution in [0.5, 0.6) is 0 Å². The van der Waals surface area contributed by atoms with Gasteiger partial charge in [0.1, 0.15) is 0 Å². The van der Waals surface area contributed by atoms with Crippen LogP contribution in [0.3, 0.4) is 0 Å². The van der Waals surface area contributed by atoms with Crippen LogP contribution in [-0.4, -0.2) is 38.0 Å². The van der Waals surface area contributed by atoms with Crippen LogP contribution in [0.4, 0.5) is 5.69 Å². The third-order valence-corrected chi connectivity index (χ3v) is 5.97. The molecule has 2 aliphatic heterocycles. The Morgan fingerprint density at radius 2 is 2.20 bits per heavy atom. The molecule has 2 heterocycles. The molecular weight excluding hydrogens is 274 g/mol. The highest BCUT2D eigenvalue weighted by Crippen LogP contribution is 2.36. The van der Waals surface area contributed by atoms with E-state index in [9.17, 15) is 8.42 Å². The van der Waals surface area contributed by atoms with Gasteiger partial charge in [-0.05, 0) is 37.5 Å². The molecule has 6 heteroatoms. The molecule has 0 amide bonds. The second-order valence-electron chi connectivity index (χ2n) is 5.77. The van der Waals surface area contributed by atoms with Crippen molar-refractivity contribution >= 4 is 21.5 Å². The maximum absolute atomic E-state index is 12.0. The molecule has 1 saturated heterocycles. The lowest BCUT2D eigenvalue weighted by Crippen LogP contribution is -2.58. The van der Waals surface area contributed by atoms with Gasteiger partial charge >= 0.3 is 0 Å². The summed E-state index contributed by atoms with van der Waals surface area (Å²) in [5.41, 5.74) is 7.60. The van der Waals surface area contributed by atoms with Gasteiger partial charge in [-0.25, -0.2) is 8.42 Å². The monoisotopic (exact) mass is 293 g/mol. The molecule has 1 aromatic carbocycles. The summed E-state index contributed by atoms with van der Waals surface area (Å²) in [6.07, 6.45) is 1.48. The number of benzene rings is 1. The standard InChI is InChI=1S/C14H19N3O2S/c1-11-4-2-5-12(8-11)17-13(15)16-9-14(17)6-3-7-20(18,19)10-14/h2,4-5,8H,3,6-7,9-10H2,1H3,(H2,15,16). The number of nitrogens with two attached hydrogens (primary N) is 1. The molecule has 2 aliphatic rings. The van der Waals surface area contributed by atoms with E-state index in [1.165, 1.54) is 0 Å². The molecule has 108 valence electrons. The SMILES string of the molecule is Cc1cccc(N2C(N)=NCC23CCCS(=O)(=O)C3)c1. The smallest absolute Gasteiger partial charge is 0.196 e. The lowest BCUT2D eigenvalue weighted by atomic mass is 9.93. The van der Waals surface area contributed by atoms with Gasteiger partial charge in [0, 0.05) is 5.69 Å². The number of aryl methyl sites for hydroxylation is 1. The normalized spacial score (nSPS) is 28.6. The summed E-state index contributed by atoms with van der Waals surface area (Å²) >= 11 is 0. The predicted molar refractivity (Wildman–Crippen MR) is 80.8 cm³/mol. The van der Waals surface area contributed by atoms with Crippen LogP contribution in [0.1, 0.15) is 18.4 Å². The van der Waals surface area contributed by atoms with Gasteiger partial charge in [0.2, 0.25) is 0 Å². The number of nitrogens with zero attached hydrogens (tertiary/aromatic N) is 2. The molecule has 0 aromatic heterocycles. The van der Waals surface area contributed by atoms with Gasteiger partial charge in [0.15, 0.2) is 15.8 Å². The quantitative estimate of drug-likeness (QED) is 0.840. The first-order chi connectivity index (χ1) is 9.42. The number of hydrogen-bond acceptors (Lipinski definition) is 5. The number of sulfone groups is 1. The zero-order valence-electron chi connectivity index (χ0n) is 11.5. The first kappa shape index (κ1) is 13.4. The summed E-state index contributed by atoms with van der Waals surface area (Å²) in [7, 11) is -3.02. The van der Waals surface area contributed by atoms with E-state index in [4.69, 9.17) is 5.73 Å². The molecule has 1 aromatic rings. The average molecular weight is 293 g/mol. The van der Waals surface area contributed by atoms with Crippen molar-refractivity contribution in [1.82, 2.24) is 0 Å². The summed E-state index contributed by atoms with van der Waals surface area (Å²) in [6, 6.07) is 7.96. The first-order valence-corrected chi connectivity index (χ1v) is 8.61. The van der Waals surface area contributed by atoms with E-state index in [1.54, 1.807) is 0 Å². The fourth-order valence-electron chi connectivity index (χ4n) is 3.26. The third kappa shape index (κ3) is 2.18. The summed E-state index contributed by atoms with van der Waals surface area (Å²) in [4.78, 5) is 6.25. The molecule has 1 spiro atoms. The van der Waals surface area contributed by atoms with E-state index in [-0.39, 0.29) is 11.5 Å². The van der Waals surface area contributed by atoms with Crippen LogP contribution in [0.15, 0.2) is 29.3 Å². The largest absolute Gasteiger partial charge is 0.369 e. The molecular formula is C14H19N3O2S. The van der Waals surface area contributed by atoms with Gasteiger partial charge in [-0.3, -0.25) is 4.99 Å². The van der Waals surface area contributed by atoms with E-state index in [0.717, 1.165) is 17.7 Å². The molecule has 0 aliphatic carbocycles. The lowest BCUT2D eigenvalue weighted by Gasteiger charge is -2.41. The number of hydrogen-bond donors (Lipinski definition) is 1. The number of rotatable bonds is 1. The Bertz CT molecular complexity index is 669. The second-order valence-corrected chi connectivity index (χ2v) is 7.95. The Hall–Kier alpha value is -1.56. The van der Waals surface area contributed by atoms with Gasteiger partial charge in [-0.1, -0.05) is 12.1 Å². The van der Waals surface area contributed by atoms with Crippen molar-refractivity contribution in [3.8, 4) is 0 Å². The minimum atomic E-state index is -3.02. The summed E-state index contributed by atoms with van der Waals surface area (Å²) in [5, 5.41) is 0. The van der Waals surface area contributed by atoms with Crippen molar-refractivity contribution in [2.45, 2.75) is 25.3 Å². The Kier molecular flexibility index (Phi) is 3.01. The maximum atomic E-state index is 12.0. The van der Waals surface area contributed by atoms with Crippen molar-refractivity contribution in [2.24, 2.45) is 10.7 Å². The van der Waals surface area contributed by atoms with E-state index < -0.39 is 15.4 Å². The highest BCUT2D eigenvalue weighted by Gasteiger charge is 2.48. The second kappa shape index (κ2) is 4.48. The van der Waals surface area contributed by atoms with Crippen molar-refractivity contribution < 1.29 is 8.42 Å². The highest BCUT2D eigenvalue weighted by molar-refractivity contribution is 7.91. The number of anilines is 1. The average Bonchev–Trinajstić information content (AvgIpc) is 2.64. The van der Waals surface area contributed by atoms with E-state index in [1.807, 2.05) is 36.1 Å². The Morgan fingerprint density at radius 1 is 1.40 bits per heavy atom. The van der Waals surface area contributed by atoms with Crippen molar-refractivity contribution in [3.05, 3.63) is 29.8 Å². The lowest BCUT2D eigenvalue weighted by molar-refractivity contribution is 0.434. The zero-order chi connectivity index (χ0) is 14.4. The summed E-state index contributed by atoms with van der Waals surface area (Å²) in [5.74, 6) is 0.835. The van der Waals surface area contributed by atoms with Crippen LogP contribution >= 0.6 is 0 Å². The van der Waals surface area contributed by atoms with Crippen LogP contribution in [0.25, 0.3) is 0 Å². The molecule has 1 unspecified atom stereocenters. The van der Waals surface area contributed by atoms with Crippen molar-refractivity contribution in [1.29, 1.82) is 0 Å². The Balaban J connectivity index is 2.04. The molecule has 5 nitrogen and oxygen atoms in total.